The lowest BCUT2D eigenvalue weighted by molar-refractivity contribution is 0.211. The molecule has 0 saturated heterocycles. The van der Waals surface area contributed by atoms with Crippen LogP contribution in [-0.4, -0.2) is 31.7 Å². The molecule has 2 aromatic carbocycles. The predicted octanol–water partition coefficient (Wildman–Crippen LogP) is 3.27. The van der Waals surface area contributed by atoms with Gasteiger partial charge in [-0.15, -0.1) is 0 Å². The molecule has 0 amide bonds. The fourth-order valence-electron chi connectivity index (χ4n) is 1.97. The molecule has 1 N–H and O–H groups in total. The fraction of sp³-hybridized carbons (Fsp3) is 0.235. The molecule has 0 saturated carbocycles. The molecule has 0 aliphatic heterocycles. The zero-order chi connectivity index (χ0) is 15.8. The number of rotatable bonds is 7. The molecule has 5 nitrogen and oxygen atoms in total. The molecule has 0 heterocycles. The van der Waals surface area contributed by atoms with Gasteiger partial charge in [-0.2, -0.15) is 0 Å². The Hall–Kier alpha value is -2.69. The number of ether oxygens (including phenoxy) is 3. The second-order valence-electron chi connectivity index (χ2n) is 4.67. The van der Waals surface area contributed by atoms with Gasteiger partial charge in [0.1, 0.15) is 19.0 Å². The molecule has 2 aromatic rings. The summed E-state index contributed by atoms with van der Waals surface area (Å²) in [6.07, 6.45) is 1.33. The Bertz CT molecular complexity index is 640. The minimum atomic E-state index is 0.401. The molecular weight excluding hydrogens is 282 g/mol. The van der Waals surface area contributed by atoms with E-state index in [4.69, 9.17) is 19.4 Å². The highest BCUT2D eigenvalue weighted by molar-refractivity contribution is 5.80. The van der Waals surface area contributed by atoms with Gasteiger partial charge in [0, 0.05) is 5.56 Å². The summed E-state index contributed by atoms with van der Waals surface area (Å²) in [5, 5.41) is 11.5. The molecule has 0 radical (unpaired) electrons. The highest BCUT2D eigenvalue weighted by Gasteiger charge is 2.05. The molecule has 0 aliphatic rings. The molecule has 0 fully saturated rings. The summed E-state index contributed by atoms with van der Waals surface area (Å²) in [7, 11) is 1.56. The van der Waals surface area contributed by atoms with E-state index < -0.39 is 0 Å². The summed E-state index contributed by atoms with van der Waals surface area (Å²) in [5.41, 5.74) is 1.88. The van der Waals surface area contributed by atoms with Crippen LogP contribution in [0.5, 0.6) is 17.2 Å². The first-order valence-electron chi connectivity index (χ1n) is 6.90. The molecule has 0 bridgehead atoms. The Labute approximate surface area is 129 Å². The van der Waals surface area contributed by atoms with Crippen molar-refractivity contribution in [2.75, 3.05) is 20.3 Å². The van der Waals surface area contributed by atoms with Gasteiger partial charge < -0.3 is 19.4 Å². The van der Waals surface area contributed by atoms with E-state index in [1.54, 1.807) is 25.3 Å². The number of oxime groups is 1. The lowest BCUT2D eigenvalue weighted by atomic mass is 10.2. The zero-order valence-corrected chi connectivity index (χ0v) is 12.7. The van der Waals surface area contributed by atoms with Gasteiger partial charge in [-0.25, -0.2) is 0 Å². The number of benzene rings is 2. The van der Waals surface area contributed by atoms with Crippen LogP contribution in [0.3, 0.4) is 0 Å². The standard InChI is InChI=1S/C17H19NO4/c1-13-4-3-5-15(10-13)21-8-9-22-16-7-6-14(12-18-19)11-17(16)20-2/h3-7,10-12,19H,8-9H2,1-2H3. The molecule has 2 rings (SSSR count). The van der Waals surface area contributed by atoms with Crippen LogP contribution >= 0.6 is 0 Å². The number of methoxy groups -OCH3 is 1. The van der Waals surface area contributed by atoms with E-state index in [2.05, 4.69) is 5.16 Å². The zero-order valence-electron chi connectivity index (χ0n) is 12.7. The monoisotopic (exact) mass is 301 g/mol. The molecule has 116 valence electrons. The Morgan fingerprint density at radius 2 is 1.86 bits per heavy atom. The highest BCUT2D eigenvalue weighted by Crippen LogP contribution is 2.27. The van der Waals surface area contributed by atoms with Crippen molar-refractivity contribution in [3.05, 3.63) is 53.6 Å². The molecule has 5 heteroatoms. The maximum absolute atomic E-state index is 8.53. The Balaban J connectivity index is 1.88. The predicted molar refractivity (Wildman–Crippen MR) is 84.5 cm³/mol. The largest absolute Gasteiger partial charge is 0.493 e. The van der Waals surface area contributed by atoms with Gasteiger partial charge in [-0.3, -0.25) is 0 Å². The molecule has 0 spiro atoms. The van der Waals surface area contributed by atoms with Crippen LogP contribution in [0, 0.1) is 6.92 Å². The second kappa shape index (κ2) is 7.93. The van der Waals surface area contributed by atoms with Crippen molar-refractivity contribution in [2.45, 2.75) is 6.92 Å². The summed E-state index contributed by atoms with van der Waals surface area (Å²) in [6.45, 7) is 2.86. The van der Waals surface area contributed by atoms with E-state index >= 15 is 0 Å². The van der Waals surface area contributed by atoms with Crippen LogP contribution in [0.15, 0.2) is 47.6 Å². The summed E-state index contributed by atoms with van der Waals surface area (Å²) < 4.78 is 16.5. The van der Waals surface area contributed by atoms with Gasteiger partial charge in [0.05, 0.1) is 13.3 Å². The molecule has 0 aliphatic carbocycles. The van der Waals surface area contributed by atoms with Gasteiger partial charge in [-0.05, 0) is 42.8 Å². The maximum atomic E-state index is 8.53. The Morgan fingerprint density at radius 1 is 1.05 bits per heavy atom. The molecule has 22 heavy (non-hydrogen) atoms. The Morgan fingerprint density at radius 3 is 2.59 bits per heavy atom. The smallest absolute Gasteiger partial charge is 0.161 e. The quantitative estimate of drug-likeness (QED) is 0.369. The normalized spacial score (nSPS) is 10.6. The highest BCUT2D eigenvalue weighted by atomic mass is 16.5. The lowest BCUT2D eigenvalue weighted by Crippen LogP contribution is -2.09. The van der Waals surface area contributed by atoms with Crippen LogP contribution < -0.4 is 14.2 Å². The number of hydrogen-bond acceptors (Lipinski definition) is 5. The topological polar surface area (TPSA) is 60.3 Å². The first-order chi connectivity index (χ1) is 10.7. The Kier molecular flexibility index (Phi) is 5.65. The van der Waals surface area contributed by atoms with Gasteiger partial charge in [0.25, 0.3) is 0 Å². The van der Waals surface area contributed by atoms with Crippen LogP contribution in [-0.2, 0) is 0 Å². The van der Waals surface area contributed by atoms with Crippen molar-refractivity contribution in [1.82, 2.24) is 0 Å². The van der Waals surface area contributed by atoms with Crippen molar-refractivity contribution in [1.29, 1.82) is 0 Å². The first-order valence-corrected chi connectivity index (χ1v) is 6.90. The number of nitrogens with zero attached hydrogens (tertiary/aromatic N) is 1. The summed E-state index contributed by atoms with van der Waals surface area (Å²) >= 11 is 0. The van der Waals surface area contributed by atoms with E-state index in [0.717, 1.165) is 16.9 Å². The van der Waals surface area contributed by atoms with Crippen LogP contribution in [0.4, 0.5) is 0 Å². The summed E-state index contributed by atoms with van der Waals surface area (Å²) in [6, 6.07) is 13.1. The van der Waals surface area contributed by atoms with Crippen LogP contribution in [0.25, 0.3) is 0 Å². The first kappa shape index (κ1) is 15.7. The number of hydrogen-bond donors (Lipinski definition) is 1. The minimum absolute atomic E-state index is 0.401. The maximum Gasteiger partial charge on any atom is 0.161 e. The molecule has 0 atom stereocenters. The van der Waals surface area contributed by atoms with Crippen molar-refractivity contribution >= 4 is 6.21 Å². The van der Waals surface area contributed by atoms with E-state index in [-0.39, 0.29) is 0 Å². The van der Waals surface area contributed by atoms with Gasteiger partial charge in [0.15, 0.2) is 11.5 Å². The molecular formula is C17H19NO4. The average molecular weight is 301 g/mol. The molecule has 0 unspecified atom stereocenters. The third-order valence-corrected chi connectivity index (χ3v) is 2.99. The minimum Gasteiger partial charge on any atom is -0.493 e. The van der Waals surface area contributed by atoms with Crippen LogP contribution in [0.2, 0.25) is 0 Å². The average Bonchev–Trinajstić information content (AvgIpc) is 2.53. The third kappa shape index (κ3) is 4.41. The number of aryl methyl sites for hydroxylation is 1. The third-order valence-electron chi connectivity index (χ3n) is 2.99. The van der Waals surface area contributed by atoms with E-state index in [0.29, 0.717) is 24.7 Å². The SMILES string of the molecule is COc1cc(C=NO)ccc1OCCOc1cccc(C)c1. The van der Waals surface area contributed by atoms with Crippen molar-refractivity contribution in [3.63, 3.8) is 0 Å². The van der Waals surface area contributed by atoms with E-state index in [9.17, 15) is 0 Å². The van der Waals surface area contributed by atoms with Crippen molar-refractivity contribution in [3.8, 4) is 17.2 Å². The van der Waals surface area contributed by atoms with Crippen molar-refractivity contribution < 1.29 is 19.4 Å². The van der Waals surface area contributed by atoms with E-state index in [1.807, 2.05) is 31.2 Å². The summed E-state index contributed by atoms with van der Waals surface area (Å²) in [4.78, 5) is 0. The lowest BCUT2D eigenvalue weighted by Gasteiger charge is -2.12. The van der Waals surface area contributed by atoms with Gasteiger partial charge in [0.2, 0.25) is 0 Å². The second-order valence-corrected chi connectivity index (χ2v) is 4.67. The van der Waals surface area contributed by atoms with Crippen LogP contribution in [0.1, 0.15) is 11.1 Å². The molecule has 0 aromatic heterocycles. The van der Waals surface area contributed by atoms with Gasteiger partial charge >= 0.3 is 0 Å². The van der Waals surface area contributed by atoms with Gasteiger partial charge in [-0.1, -0.05) is 17.3 Å². The fourth-order valence-corrected chi connectivity index (χ4v) is 1.97. The van der Waals surface area contributed by atoms with E-state index in [1.165, 1.54) is 6.21 Å². The summed E-state index contributed by atoms with van der Waals surface area (Å²) in [5.74, 6) is 2.02. The van der Waals surface area contributed by atoms with Crippen molar-refractivity contribution in [2.24, 2.45) is 5.16 Å².